The Kier molecular flexibility index (Phi) is 6.82. The van der Waals surface area contributed by atoms with Crippen molar-refractivity contribution in [1.82, 2.24) is 4.72 Å². The molecule has 0 spiro atoms. The zero-order chi connectivity index (χ0) is 20.9. The number of methoxy groups -OCH3 is 1. The van der Waals surface area contributed by atoms with Crippen molar-refractivity contribution in [1.29, 1.82) is 0 Å². The Balaban J connectivity index is 2.07. The van der Waals surface area contributed by atoms with Gasteiger partial charge in [0, 0.05) is 25.6 Å². The number of hydrogen-bond donors (Lipinski definition) is 3. The fourth-order valence-corrected chi connectivity index (χ4v) is 4.19. The molecular formula is C20H26N2O5S. The monoisotopic (exact) mass is 406 g/mol. The molecule has 2 rings (SSSR count). The minimum absolute atomic E-state index is 0.0989. The SMILES string of the molecule is COc1ccc(CC(C)(O)CNS(=O)(=O)c2ccc(NC(C)=O)cc2C)cc1. The van der Waals surface area contributed by atoms with Crippen molar-refractivity contribution in [2.75, 3.05) is 19.0 Å². The summed E-state index contributed by atoms with van der Waals surface area (Å²) in [6.45, 7) is 4.46. The van der Waals surface area contributed by atoms with Gasteiger partial charge in [0.1, 0.15) is 5.75 Å². The van der Waals surface area contributed by atoms with Gasteiger partial charge < -0.3 is 15.2 Å². The van der Waals surface area contributed by atoms with Crippen LogP contribution in [0.5, 0.6) is 5.75 Å². The molecule has 7 nitrogen and oxygen atoms in total. The Hall–Kier alpha value is -2.42. The van der Waals surface area contributed by atoms with E-state index in [1.165, 1.54) is 19.1 Å². The number of ether oxygens (including phenoxy) is 1. The maximum absolute atomic E-state index is 12.6. The Labute approximate surface area is 165 Å². The lowest BCUT2D eigenvalue weighted by Gasteiger charge is -2.24. The number of benzene rings is 2. The molecule has 0 heterocycles. The van der Waals surface area contributed by atoms with E-state index in [1.807, 2.05) is 12.1 Å². The fraction of sp³-hybridized carbons (Fsp3) is 0.350. The van der Waals surface area contributed by atoms with Crippen LogP contribution in [0.15, 0.2) is 47.4 Å². The second kappa shape index (κ2) is 8.72. The molecule has 0 aromatic heterocycles. The molecule has 8 heteroatoms. The normalized spacial score (nSPS) is 13.6. The zero-order valence-corrected chi connectivity index (χ0v) is 17.3. The second-order valence-electron chi connectivity index (χ2n) is 7.01. The number of carbonyl (C=O) groups is 1. The average Bonchev–Trinajstić information content (AvgIpc) is 2.60. The lowest BCUT2D eigenvalue weighted by Crippen LogP contribution is -2.42. The first-order chi connectivity index (χ1) is 13.0. The smallest absolute Gasteiger partial charge is 0.240 e. The molecule has 2 aromatic carbocycles. The maximum Gasteiger partial charge on any atom is 0.240 e. The lowest BCUT2D eigenvalue weighted by molar-refractivity contribution is -0.114. The highest BCUT2D eigenvalue weighted by Gasteiger charge is 2.25. The number of rotatable bonds is 8. The maximum atomic E-state index is 12.6. The molecule has 1 atom stereocenters. The van der Waals surface area contributed by atoms with Crippen molar-refractivity contribution >= 4 is 21.6 Å². The van der Waals surface area contributed by atoms with E-state index in [2.05, 4.69) is 10.0 Å². The summed E-state index contributed by atoms with van der Waals surface area (Å²) in [6.07, 6.45) is 0.278. The number of nitrogens with one attached hydrogen (secondary N) is 2. The highest BCUT2D eigenvalue weighted by Crippen LogP contribution is 2.21. The zero-order valence-electron chi connectivity index (χ0n) is 16.4. The summed E-state index contributed by atoms with van der Waals surface area (Å²) in [6, 6.07) is 11.8. The van der Waals surface area contributed by atoms with E-state index in [0.29, 0.717) is 17.0 Å². The molecule has 152 valence electrons. The summed E-state index contributed by atoms with van der Waals surface area (Å²) in [4.78, 5) is 11.2. The van der Waals surface area contributed by atoms with Gasteiger partial charge >= 0.3 is 0 Å². The minimum Gasteiger partial charge on any atom is -0.497 e. The van der Waals surface area contributed by atoms with E-state index < -0.39 is 15.6 Å². The molecule has 0 radical (unpaired) electrons. The lowest BCUT2D eigenvalue weighted by atomic mass is 9.97. The van der Waals surface area contributed by atoms with E-state index in [-0.39, 0.29) is 23.8 Å². The van der Waals surface area contributed by atoms with Crippen LogP contribution in [0.4, 0.5) is 5.69 Å². The third-order valence-electron chi connectivity index (χ3n) is 4.17. The molecule has 0 aliphatic heterocycles. The van der Waals surface area contributed by atoms with Gasteiger partial charge in [-0.15, -0.1) is 0 Å². The van der Waals surface area contributed by atoms with Crippen LogP contribution < -0.4 is 14.8 Å². The Morgan fingerprint density at radius 2 is 1.82 bits per heavy atom. The van der Waals surface area contributed by atoms with Gasteiger partial charge in [-0.05, 0) is 55.3 Å². The van der Waals surface area contributed by atoms with Gasteiger partial charge in [0.15, 0.2) is 0 Å². The number of aliphatic hydroxyl groups is 1. The van der Waals surface area contributed by atoms with Crippen LogP contribution in [0.25, 0.3) is 0 Å². The van der Waals surface area contributed by atoms with Gasteiger partial charge in [-0.25, -0.2) is 13.1 Å². The van der Waals surface area contributed by atoms with Crippen LogP contribution in [0.3, 0.4) is 0 Å². The number of amides is 1. The van der Waals surface area contributed by atoms with Crippen LogP contribution in [-0.4, -0.2) is 38.7 Å². The Bertz CT molecular complexity index is 938. The molecule has 0 aliphatic rings. The van der Waals surface area contributed by atoms with Crippen molar-refractivity contribution in [3.8, 4) is 5.75 Å². The number of anilines is 1. The fourth-order valence-electron chi connectivity index (χ4n) is 2.81. The number of carbonyl (C=O) groups excluding carboxylic acids is 1. The van der Waals surface area contributed by atoms with Crippen LogP contribution in [0, 0.1) is 6.92 Å². The largest absolute Gasteiger partial charge is 0.497 e. The molecule has 28 heavy (non-hydrogen) atoms. The predicted octanol–water partition coefficient (Wildman–Crippen LogP) is 2.23. The molecule has 2 aromatic rings. The molecule has 1 amide bonds. The van der Waals surface area contributed by atoms with Gasteiger partial charge in [-0.1, -0.05) is 12.1 Å². The number of hydrogen-bond acceptors (Lipinski definition) is 5. The van der Waals surface area contributed by atoms with Crippen LogP contribution in [0.2, 0.25) is 0 Å². The van der Waals surface area contributed by atoms with Crippen LogP contribution in [0.1, 0.15) is 25.0 Å². The van der Waals surface area contributed by atoms with E-state index in [0.717, 1.165) is 5.56 Å². The quantitative estimate of drug-likeness (QED) is 0.624. The van der Waals surface area contributed by atoms with Crippen LogP contribution >= 0.6 is 0 Å². The van der Waals surface area contributed by atoms with E-state index >= 15 is 0 Å². The molecule has 1 unspecified atom stereocenters. The topological polar surface area (TPSA) is 105 Å². The molecule has 0 bridgehead atoms. The van der Waals surface area contributed by atoms with Gasteiger partial charge in [0.05, 0.1) is 17.6 Å². The van der Waals surface area contributed by atoms with Gasteiger partial charge in [-0.2, -0.15) is 0 Å². The first-order valence-electron chi connectivity index (χ1n) is 8.76. The summed E-state index contributed by atoms with van der Waals surface area (Å²) in [5.41, 5.74) is 0.607. The van der Waals surface area contributed by atoms with Crippen LogP contribution in [-0.2, 0) is 21.2 Å². The second-order valence-corrected chi connectivity index (χ2v) is 8.74. The Morgan fingerprint density at radius 3 is 2.36 bits per heavy atom. The summed E-state index contributed by atoms with van der Waals surface area (Å²) in [5, 5.41) is 13.2. The molecule has 0 aliphatic carbocycles. The predicted molar refractivity (Wildman–Crippen MR) is 108 cm³/mol. The van der Waals surface area contributed by atoms with Gasteiger partial charge in [0.2, 0.25) is 15.9 Å². The average molecular weight is 407 g/mol. The summed E-state index contributed by atoms with van der Waals surface area (Å²) in [7, 11) is -2.24. The van der Waals surface area contributed by atoms with E-state index in [9.17, 15) is 18.3 Å². The van der Waals surface area contributed by atoms with Gasteiger partial charge in [0.25, 0.3) is 0 Å². The standard InChI is InChI=1S/C20H26N2O5S/c1-14-11-17(22-15(2)23)7-10-19(14)28(25,26)21-13-20(3,24)12-16-5-8-18(27-4)9-6-16/h5-11,21,24H,12-13H2,1-4H3,(H,22,23). The molecule has 0 saturated heterocycles. The van der Waals surface area contributed by atoms with Crippen molar-refractivity contribution < 1.29 is 23.1 Å². The summed E-state index contributed by atoms with van der Waals surface area (Å²) in [5.74, 6) is 0.477. The number of sulfonamides is 1. The summed E-state index contributed by atoms with van der Waals surface area (Å²) >= 11 is 0. The Morgan fingerprint density at radius 1 is 1.18 bits per heavy atom. The van der Waals surface area contributed by atoms with Crippen molar-refractivity contribution in [3.05, 3.63) is 53.6 Å². The first kappa shape index (κ1) is 21.9. The van der Waals surface area contributed by atoms with Gasteiger partial charge in [-0.3, -0.25) is 4.79 Å². The molecule has 0 saturated carbocycles. The molecule has 3 N–H and O–H groups in total. The first-order valence-corrected chi connectivity index (χ1v) is 10.2. The summed E-state index contributed by atoms with van der Waals surface area (Å²) < 4.78 is 32.9. The molecule has 0 fully saturated rings. The van der Waals surface area contributed by atoms with E-state index in [1.54, 1.807) is 39.2 Å². The molecular weight excluding hydrogens is 380 g/mol. The highest BCUT2D eigenvalue weighted by molar-refractivity contribution is 7.89. The van der Waals surface area contributed by atoms with E-state index in [4.69, 9.17) is 4.74 Å². The number of aryl methyl sites for hydroxylation is 1. The minimum atomic E-state index is -3.82. The van der Waals surface area contributed by atoms with Crippen molar-refractivity contribution in [3.63, 3.8) is 0 Å². The third kappa shape index (κ3) is 6.05. The highest BCUT2D eigenvalue weighted by atomic mass is 32.2. The third-order valence-corrected chi connectivity index (χ3v) is 5.73. The van der Waals surface area contributed by atoms with Crippen molar-refractivity contribution in [2.45, 2.75) is 37.7 Å². The van der Waals surface area contributed by atoms with Crippen molar-refractivity contribution in [2.24, 2.45) is 0 Å².